The number of benzene rings is 4. The summed E-state index contributed by atoms with van der Waals surface area (Å²) in [5, 5.41) is 3.67. The van der Waals surface area contributed by atoms with Crippen LogP contribution in [0, 0.1) is 0 Å². The van der Waals surface area contributed by atoms with Crippen LogP contribution in [-0.2, 0) is 0 Å². The third-order valence-electron chi connectivity index (χ3n) is 8.59. The first-order chi connectivity index (χ1) is 23.3. The molecule has 9 aromatic rings. The first-order valence-corrected chi connectivity index (χ1v) is 16.4. The minimum Gasteiger partial charge on any atom is -0.255 e. The molecule has 0 saturated carbocycles. The molecule has 4 aromatic carbocycles. The number of rotatable bonds is 5. The number of hydrogen-bond donors (Lipinski definition) is 0. The molecule has 5 heteroatoms. The van der Waals surface area contributed by atoms with Gasteiger partial charge in [0.2, 0.25) is 0 Å². The fourth-order valence-electron chi connectivity index (χ4n) is 6.26. The molecule has 0 radical (unpaired) electrons. The quantitative estimate of drug-likeness (QED) is 0.193. The zero-order valence-corrected chi connectivity index (χ0v) is 26.0. The Bertz CT molecular complexity index is 2480. The summed E-state index contributed by atoms with van der Waals surface area (Å²) < 4.78 is 2.56. The predicted molar refractivity (Wildman–Crippen MR) is 195 cm³/mol. The fourth-order valence-corrected chi connectivity index (χ4v) is 7.50. The van der Waals surface area contributed by atoms with Gasteiger partial charge in [-0.1, -0.05) is 103 Å². The predicted octanol–water partition coefficient (Wildman–Crippen LogP) is 11.1. The second-order valence-corrected chi connectivity index (χ2v) is 12.5. The Morgan fingerprint density at radius 3 is 1.85 bits per heavy atom. The minimum atomic E-state index is 0.809. The van der Waals surface area contributed by atoms with Crippen molar-refractivity contribution in [1.29, 1.82) is 0 Å². The van der Waals surface area contributed by atoms with Crippen LogP contribution >= 0.6 is 11.3 Å². The summed E-state index contributed by atoms with van der Waals surface area (Å²) in [6.45, 7) is 0. The normalized spacial score (nSPS) is 11.4. The van der Waals surface area contributed by atoms with E-state index in [0.29, 0.717) is 0 Å². The summed E-state index contributed by atoms with van der Waals surface area (Å²) in [7, 11) is 0. The summed E-state index contributed by atoms with van der Waals surface area (Å²) in [5.74, 6) is 0. The van der Waals surface area contributed by atoms with Gasteiger partial charge in [-0.3, -0.25) is 9.97 Å². The van der Waals surface area contributed by atoms with Gasteiger partial charge in [0, 0.05) is 49.1 Å². The summed E-state index contributed by atoms with van der Waals surface area (Å²) in [6.07, 6.45) is 3.73. The third kappa shape index (κ3) is 4.94. The van der Waals surface area contributed by atoms with Crippen LogP contribution in [0.4, 0.5) is 0 Å². The molecule has 0 unspecified atom stereocenters. The Labute approximate surface area is 275 Å². The van der Waals surface area contributed by atoms with Crippen LogP contribution in [0.15, 0.2) is 158 Å². The maximum atomic E-state index is 5.18. The number of nitrogens with zero attached hydrogens (tertiary/aromatic N) is 4. The van der Waals surface area contributed by atoms with Gasteiger partial charge >= 0.3 is 0 Å². The lowest BCUT2D eigenvalue weighted by Gasteiger charge is -2.10. The zero-order valence-electron chi connectivity index (χ0n) is 25.2. The Kier molecular flexibility index (Phi) is 6.61. The average molecular weight is 619 g/mol. The Morgan fingerprint density at radius 2 is 1.09 bits per heavy atom. The van der Waals surface area contributed by atoms with Gasteiger partial charge in [-0.25, -0.2) is 9.97 Å². The number of thiophene rings is 1. The first-order valence-electron chi connectivity index (χ1n) is 15.5. The average Bonchev–Trinajstić information content (AvgIpc) is 3.55. The maximum absolute atomic E-state index is 5.18. The van der Waals surface area contributed by atoms with E-state index in [4.69, 9.17) is 15.0 Å². The van der Waals surface area contributed by atoms with Gasteiger partial charge in [0.05, 0.1) is 34.0 Å². The van der Waals surface area contributed by atoms with Gasteiger partial charge in [-0.05, 0) is 59.2 Å². The number of pyridine rings is 4. The van der Waals surface area contributed by atoms with E-state index in [1.54, 1.807) is 6.20 Å². The highest BCUT2D eigenvalue weighted by atomic mass is 32.1. The maximum Gasteiger partial charge on any atom is 0.0900 e. The third-order valence-corrected chi connectivity index (χ3v) is 9.79. The summed E-state index contributed by atoms with van der Waals surface area (Å²) >= 11 is 1.84. The van der Waals surface area contributed by atoms with Crippen molar-refractivity contribution in [3.63, 3.8) is 0 Å². The molecule has 0 atom stereocenters. The minimum absolute atomic E-state index is 0.809. The highest BCUT2D eigenvalue weighted by Crippen LogP contribution is 2.43. The van der Waals surface area contributed by atoms with Crippen LogP contribution in [0.25, 0.3) is 87.4 Å². The molecule has 220 valence electrons. The largest absolute Gasteiger partial charge is 0.255 e. The van der Waals surface area contributed by atoms with Crippen molar-refractivity contribution < 1.29 is 0 Å². The van der Waals surface area contributed by atoms with Crippen LogP contribution in [0.2, 0.25) is 0 Å². The van der Waals surface area contributed by atoms with Gasteiger partial charge < -0.3 is 0 Å². The number of fused-ring (bicyclic) bond motifs is 5. The Balaban J connectivity index is 1.08. The number of hydrogen-bond acceptors (Lipinski definition) is 5. The summed E-state index contributed by atoms with van der Waals surface area (Å²) in [4.78, 5) is 19.6. The molecule has 0 aliphatic carbocycles. The van der Waals surface area contributed by atoms with E-state index < -0.39 is 0 Å². The SMILES string of the molecule is c1ccc(-c2cc(-c3ccccn3)nc(-c3ccc(-c4ccc(-c5nc6ccccc6c6sc7ccccc7c56)cc4)cn3)c2)cc1. The van der Waals surface area contributed by atoms with Crippen molar-refractivity contribution >= 4 is 42.4 Å². The van der Waals surface area contributed by atoms with Crippen molar-refractivity contribution in [2.45, 2.75) is 0 Å². The van der Waals surface area contributed by atoms with Gasteiger partial charge in [0.25, 0.3) is 0 Å². The van der Waals surface area contributed by atoms with Crippen molar-refractivity contribution in [2.24, 2.45) is 0 Å². The van der Waals surface area contributed by atoms with Gasteiger partial charge in [-0.2, -0.15) is 0 Å². The van der Waals surface area contributed by atoms with Crippen LogP contribution in [0.1, 0.15) is 0 Å². The van der Waals surface area contributed by atoms with Crippen LogP contribution in [-0.4, -0.2) is 19.9 Å². The lowest BCUT2D eigenvalue weighted by atomic mass is 9.99. The van der Waals surface area contributed by atoms with Crippen molar-refractivity contribution in [2.75, 3.05) is 0 Å². The highest BCUT2D eigenvalue weighted by molar-refractivity contribution is 7.26. The molecule has 0 spiro atoms. The Morgan fingerprint density at radius 1 is 0.426 bits per heavy atom. The zero-order chi connectivity index (χ0) is 31.2. The molecule has 0 fully saturated rings. The van der Waals surface area contributed by atoms with E-state index in [1.807, 2.05) is 41.8 Å². The lowest BCUT2D eigenvalue weighted by Crippen LogP contribution is -1.94. The molecular formula is C42H26N4S. The van der Waals surface area contributed by atoms with E-state index in [9.17, 15) is 0 Å². The molecule has 0 aliphatic rings. The van der Waals surface area contributed by atoms with Crippen molar-refractivity contribution in [3.8, 4) is 56.3 Å². The molecule has 0 bridgehead atoms. The van der Waals surface area contributed by atoms with Crippen molar-refractivity contribution in [1.82, 2.24) is 19.9 Å². The Hall–Kier alpha value is -6.04. The van der Waals surface area contributed by atoms with Crippen molar-refractivity contribution in [3.05, 3.63) is 158 Å². The van der Waals surface area contributed by atoms with E-state index in [0.717, 1.165) is 61.8 Å². The molecule has 0 N–H and O–H groups in total. The van der Waals surface area contributed by atoms with Gasteiger partial charge in [0.15, 0.2) is 0 Å². The van der Waals surface area contributed by atoms with E-state index in [2.05, 4.69) is 126 Å². The van der Waals surface area contributed by atoms with E-state index in [1.165, 1.54) is 25.6 Å². The summed E-state index contributed by atoms with van der Waals surface area (Å²) in [6, 6.07) is 50.3. The second-order valence-electron chi connectivity index (χ2n) is 11.5. The van der Waals surface area contributed by atoms with Crippen LogP contribution in [0.3, 0.4) is 0 Å². The smallest absolute Gasteiger partial charge is 0.0900 e. The van der Waals surface area contributed by atoms with Crippen LogP contribution in [0.5, 0.6) is 0 Å². The monoisotopic (exact) mass is 618 g/mol. The molecule has 0 aliphatic heterocycles. The first kappa shape index (κ1) is 27.3. The number of aromatic nitrogens is 4. The topological polar surface area (TPSA) is 51.6 Å². The lowest BCUT2D eigenvalue weighted by molar-refractivity contribution is 1.22. The van der Waals surface area contributed by atoms with Gasteiger partial charge in [0.1, 0.15) is 0 Å². The van der Waals surface area contributed by atoms with Crippen LogP contribution < -0.4 is 0 Å². The molecule has 0 saturated heterocycles. The molecule has 5 heterocycles. The standard InChI is InChI=1S/C42H26N4S/c1-2-10-27(11-3-1)31-24-37(35-15-8-9-23-43-35)45-38(25-31)36-22-21-30(26-44-36)28-17-19-29(20-18-28)41-40-33-13-5-7-16-39(33)47-42(40)32-12-4-6-14-34(32)46-41/h1-26H. The second kappa shape index (κ2) is 11.4. The van der Waals surface area contributed by atoms with E-state index in [-0.39, 0.29) is 0 Å². The molecule has 47 heavy (non-hydrogen) atoms. The van der Waals surface area contributed by atoms with Gasteiger partial charge in [-0.15, -0.1) is 11.3 Å². The molecule has 5 aromatic heterocycles. The highest BCUT2D eigenvalue weighted by Gasteiger charge is 2.16. The molecule has 4 nitrogen and oxygen atoms in total. The number of para-hydroxylation sites is 1. The molecule has 0 amide bonds. The molecular weight excluding hydrogens is 593 g/mol. The van der Waals surface area contributed by atoms with E-state index >= 15 is 0 Å². The molecule has 9 rings (SSSR count). The fraction of sp³-hybridized carbons (Fsp3) is 0. The summed E-state index contributed by atoms with van der Waals surface area (Å²) in [5.41, 5.74) is 10.7.